The monoisotopic (exact) mass is 310 g/mol. The van der Waals surface area contributed by atoms with E-state index in [9.17, 15) is 4.79 Å². The van der Waals surface area contributed by atoms with Crippen LogP contribution in [0.2, 0.25) is 0 Å². The van der Waals surface area contributed by atoms with E-state index in [2.05, 4.69) is 17.6 Å². The summed E-state index contributed by atoms with van der Waals surface area (Å²) in [6, 6.07) is 0. The highest BCUT2D eigenvalue weighted by Gasteiger charge is 2.39. The number of rotatable bonds is 5. The van der Waals surface area contributed by atoms with Gasteiger partial charge in [0.25, 0.3) is 0 Å². The summed E-state index contributed by atoms with van der Waals surface area (Å²) in [4.78, 5) is 12.0. The molecule has 0 atom stereocenters. The van der Waals surface area contributed by atoms with Crippen molar-refractivity contribution in [2.45, 2.75) is 83.8 Å². The van der Waals surface area contributed by atoms with Gasteiger partial charge in [0.05, 0.1) is 5.54 Å². The average Bonchev–Trinajstić information content (AvgIpc) is 2.36. The van der Waals surface area contributed by atoms with Crippen LogP contribution in [0.25, 0.3) is 0 Å². The quantitative estimate of drug-likeness (QED) is 0.811. The summed E-state index contributed by atoms with van der Waals surface area (Å²) in [6.45, 7) is 10.0. The summed E-state index contributed by atoms with van der Waals surface area (Å²) in [6.07, 6.45) is 8.46. The molecule has 4 heteroatoms. The SMILES string of the molecule is CC1CCC(CNCC2(NC(=O)OC(C)(C)C)CCC2)CC1. The molecule has 22 heavy (non-hydrogen) atoms. The molecule has 4 nitrogen and oxygen atoms in total. The fraction of sp³-hybridized carbons (Fsp3) is 0.944. The van der Waals surface area contributed by atoms with Crippen LogP contribution in [0.15, 0.2) is 0 Å². The van der Waals surface area contributed by atoms with Crippen LogP contribution in [0.5, 0.6) is 0 Å². The normalized spacial score (nSPS) is 27.8. The molecule has 0 saturated heterocycles. The molecule has 0 spiro atoms. The van der Waals surface area contributed by atoms with Crippen molar-refractivity contribution in [3.8, 4) is 0 Å². The second-order valence-electron chi connectivity index (χ2n) is 8.52. The van der Waals surface area contributed by atoms with Crippen molar-refractivity contribution < 1.29 is 9.53 Å². The topological polar surface area (TPSA) is 50.4 Å². The molecule has 0 unspecified atom stereocenters. The van der Waals surface area contributed by atoms with Crippen molar-refractivity contribution in [3.05, 3.63) is 0 Å². The number of hydrogen-bond donors (Lipinski definition) is 2. The molecule has 2 fully saturated rings. The van der Waals surface area contributed by atoms with E-state index in [1.807, 2.05) is 20.8 Å². The van der Waals surface area contributed by atoms with E-state index in [1.54, 1.807) is 0 Å². The molecule has 2 aliphatic rings. The Morgan fingerprint density at radius 2 is 1.82 bits per heavy atom. The average molecular weight is 310 g/mol. The fourth-order valence-electron chi connectivity index (χ4n) is 3.52. The number of nitrogens with one attached hydrogen (secondary N) is 2. The van der Waals surface area contributed by atoms with Gasteiger partial charge in [0.15, 0.2) is 0 Å². The van der Waals surface area contributed by atoms with Crippen LogP contribution in [0.3, 0.4) is 0 Å². The highest BCUT2D eigenvalue weighted by Crippen LogP contribution is 2.32. The van der Waals surface area contributed by atoms with Crippen LogP contribution in [-0.2, 0) is 4.74 Å². The third-order valence-electron chi connectivity index (χ3n) is 5.11. The first kappa shape index (κ1) is 17.6. The standard InChI is InChI=1S/C18H34N2O2/c1-14-6-8-15(9-7-14)12-19-13-18(10-5-11-18)20-16(21)22-17(2,3)4/h14-15,19H,5-13H2,1-4H3,(H,20,21). The van der Waals surface area contributed by atoms with Crippen molar-refractivity contribution in [3.63, 3.8) is 0 Å². The molecular formula is C18H34N2O2. The van der Waals surface area contributed by atoms with Gasteiger partial charge < -0.3 is 15.4 Å². The number of amides is 1. The first-order valence-corrected chi connectivity index (χ1v) is 9.00. The minimum Gasteiger partial charge on any atom is -0.444 e. The first-order valence-electron chi connectivity index (χ1n) is 9.00. The number of carbonyl (C=O) groups is 1. The molecular weight excluding hydrogens is 276 g/mol. The lowest BCUT2D eigenvalue weighted by molar-refractivity contribution is 0.0381. The van der Waals surface area contributed by atoms with E-state index in [0.29, 0.717) is 0 Å². The Morgan fingerprint density at radius 1 is 1.18 bits per heavy atom. The molecule has 0 aromatic carbocycles. The molecule has 2 saturated carbocycles. The lowest BCUT2D eigenvalue weighted by Gasteiger charge is -2.43. The Balaban J connectivity index is 1.71. The van der Waals surface area contributed by atoms with Crippen LogP contribution in [0.1, 0.15) is 72.6 Å². The van der Waals surface area contributed by atoms with Crippen molar-refractivity contribution in [1.82, 2.24) is 10.6 Å². The van der Waals surface area contributed by atoms with Gasteiger partial charge in [-0.25, -0.2) is 4.79 Å². The molecule has 1 amide bonds. The van der Waals surface area contributed by atoms with Crippen molar-refractivity contribution in [1.29, 1.82) is 0 Å². The highest BCUT2D eigenvalue weighted by atomic mass is 16.6. The van der Waals surface area contributed by atoms with E-state index in [0.717, 1.165) is 37.8 Å². The summed E-state index contributed by atoms with van der Waals surface area (Å²) in [7, 11) is 0. The lowest BCUT2D eigenvalue weighted by Crippen LogP contribution is -2.60. The molecule has 0 aromatic heterocycles. The van der Waals surface area contributed by atoms with Gasteiger partial charge in [0, 0.05) is 6.54 Å². The zero-order valence-corrected chi connectivity index (χ0v) is 14.8. The summed E-state index contributed by atoms with van der Waals surface area (Å²) in [5, 5.41) is 6.72. The van der Waals surface area contributed by atoms with E-state index in [-0.39, 0.29) is 11.6 Å². The Labute approximate surface area is 135 Å². The second kappa shape index (κ2) is 7.20. The van der Waals surface area contributed by atoms with E-state index in [1.165, 1.54) is 32.1 Å². The number of carbonyl (C=O) groups excluding carboxylic acids is 1. The predicted octanol–water partition coefficient (Wildman–Crippen LogP) is 3.85. The number of hydrogen-bond acceptors (Lipinski definition) is 3. The van der Waals surface area contributed by atoms with Crippen LogP contribution in [0, 0.1) is 11.8 Å². The summed E-state index contributed by atoms with van der Waals surface area (Å²) in [5.41, 5.74) is -0.508. The zero-order valence-electron chi connectivity index (χ0n) is 14.8. The maximum atomic E-state index is 12.0. The van der Waals surface area contributed by atoms with Gasteiger partial charge in [-0.05, 0) is 71.3 Å². The Morgan fingerprint density at radius 3 is 2.32 bits per heavy atom. The fourth-order valence-corrected chi connectivity index (χ4v) is 3.52. The minimum atomic E-state index is -0.429. The third-order valence-corrected chi connectivity index (χ3v) is 5.11. The van der Waals surface area contributed by atoms with Crippen LogP contribution < -0.4 is 10.6 Å². The van der Waals surface area contributed by atoms with E-state index < -0.39 is 5.60 Å². The summed E-state index contributed by atoms with van der Waals surface area (Å²) >= 11 is 0. The third kappa shape index (κ3) is 5.45. The molecule has 2 rings (SSSR count). The van der Waals surface area contributed by atoms with Crippen molar-refractivity contribution >= 4 is 6.09 Å². The second-order valence-corrected chi connectivity index (χ2v) is 8.52. The van der Waals surface area contributed by atoms with Gasteiger partial charge in [-0.3, -0.25) is 0 Å². The number of alkyl carbamates (subject to hydrolysis) is 1. The Hall–Kier alpha value is -0.770. The van der Waals surface area contributed by atoms with Crippen LogP contribution in [-0.4, -0.2) is 30.3 Å². The molecule has 2 aliphatic carbocycles. The summed E-state index contributed by atoms with van der Waals surface area (Å²) in [5.74, 6) is 1.72. The summed E-state index contributed by atoms with van der Waals surface area (Å²) < 4.78 is 5.40. The molecule has 0 radical (unpaired) electrons. The van der Waals surface area contributed by atoms with Gasteiger partial charge in [-0.1, -0.05) is 19.8 Å². The predicted molar refractivity (Wildman–Crippen MR) is 89.9 cm³/mol. The van der Waals surface area contributed by atoms with Gasteiger partial charge >= 0.3 is 6.09 Å². The maximum Gasteiger partial charge on any atom is 0.408 e. The Kier molecular flexibility index (Phi) is 5.76. The first-order chi connectivity index (χ1) is 10.3. The lowest BCUT2D eigenvalue weighted by atomic mass is 9.76. The van der Waals surface area contributed by atoms with Gasteiger partial charge in [-0.2, -0.15) is 0 Å². The Bertz CT molecular complexity index is 364. The molecule has 2 N–H and O–H groups in total. The van der Waals surface area contributed by atoms with E-state index in [4.69, 9.17) is 4.74 Å². The van der Waals surface area contributed by atoms with Gasteiger partial charge in [0.2, 0.25) is 0 Å². The maximum absolute atomic E-state index is 12.0. The van der Waals surface area contributed by atoms with Crippen molar-refractivity contribution in [2.75, 3.05) is 13.1 Å². The highest BCUT2D eigenvalue weighted by molar-refractivity contribution is 5.69. The minimum absolute atomic E-state index is 0.0791. The van der Waals surface area contributed by atoms with E-state index >= 15 is 0 Å². The van der Waals surface area contributed by atoms with Crippen LogP contribution >= 0.6 is 0 Å². The van der Waals surface area contributed by atoms with Crippen molar-refractivity contribution in [2.24, 2.45) is 11.8 Å². The largest absolute Gasteiger partial charge is 0.444 e. The molecule has 128 valence electrons. The molecule has 0 aromatic rings. The zero-order chi connectivity index (χ0) is 16.2. The number of ether oxygens (including phenoxy) is 1. The van der Waals surface area contributed by atoms with Gasteiger partial charge in [-0.15, -0.1) is 0 Å². The van der Waals surface area contributed by atoms with Crippen LogP contribution in [0.4, 0.5) is 4.79 Å². The molecule has 0 aliphatic heterocycles. The van der Waals surface area contributed by atoms with Gasteiger partial charge in [0.1, 0.15) is 5.60 Å². The molecule has 0 bridgehead atoms. The molecule has 0 heterocycles. The smallest absolute Gasteiger partial charge is 0.408 e.